The Morgan fingerprint density at radius 3 is 2.50 bits per heavy atom. The first-order chi connectivity index (χ1) is 9.29. The van der Waals surface area contributed by atoms with Crippen LogP contribution in [0.3, 0.4) is 0 Å². The molecule has 1 heterocycles. The molecule has 0 saturated carbocycles. The number of hydrogen-bond donors (Lipinski definition) is 0. The lowest BCUT2D eigenvalue weighted by Crippen LogP contribution is -2.36. The fourth-order valence-corrected chi connectivity index (χ4v) is 2.07. The predicted molar refractivity (Wildman–Crippen MR) is 65.8 cm³/mol. The molecule has 0 aliphatic carbocycles. The van der Waals surface area contributed by atoms with E-state index >= 15 is 0 Å². The van der Waals surface area contributed by atoms with E-state index in [1.54, 1.807) is 0 Å². The normalized spacial score (nSPS) is 16.1. The lowest BCUT2D eigenvalue weighted by atomic mass is 10.1. The average molecular weight is 287 g/mol. The molecule has 1 aliphatic heterocycles. The SMILES string of the molecule is Cc1cc(C(=O)N2CC=C(C(F)(F)F)CC2)ccc1F. The Morgan fingerprint density at radius 1 is 1.30 bits per heavy atom. The van der Waals surface area contributed by atoms with Crippen LogP contribution < -0.4 is 0 Å². The molecule has 0 bridgehead atoms. The van der Waals surface area contributed by atoms with Crippen molar-refractivity contribution in [3.63, 3.8) is 0 Å². The fourth-order valence-electron chi connectivity index (χ4n) is 2.07. The van der Waals surface area contributed by atoms with Gasteiger partial charge >= 0.3 is 6.18 Å². The fraction of sp³-hybridized carbons (Fsp3) is 0.357. The lowest BCUT2D eigenvalue weighted by molar-refractivity contribution is -0.0957. The molecule has 2 rings (SSSR count). The van der Waals surface area contributed by atoms with Gasteiger partial charge in [-0.3, -0.25) is 4.79 Å². The minimum absolute atomic E-state index is 0.0145. The van der Waals surface area contributed by atoms with Gasteiger partial charge in [-0.2, -0.15) is 13.2 Å². The summed E-state index contributed by atoms with van der Waals surface area (Å²) in [5.74, 6) is -0.801. The third-order valence-corrected chi connectivity index (χ3v) is 3.27. The van der Waals surface area contributed by atoms with Crippen LogP contribution in [-0.2, 0) is 0 Å². The molecule has 0 fully saturated rings. The first-order valence-corrected chi connectivity index (χ1v) is 6.10. The van der Waals surface area contributed by atoms with Crippen molar-refractivity contribution in [1.29, 1.82) is 0 Å². The predicted octanol–water partition coefficient (Wildman–Crippen LogP) is 3.47. The van der Waals surface area contributed by atoms with Crippen LogP contribution in [0.25, 0.3) is 0 Å². The zero-order valence-electron chi connectivity index (χ0n) is 10.8. The molecule has 1 aromatic carbocycles. The highest BCUT2D eigenvalue weighted by Gasteiger charge is 2.35. The van der Waals surface area contributed by atoms with Crippen LogP contribution in [-0.4, -0.2) is 30.1 Å². The van der Waals surface area contributed by atoms with Crippen molar-refractivity contribution in [2.24, 2.45) is 0 Å². The number of carbonyl (C=O) groups is 1. The van der Waals surface area contributed by atoms with Gasteiger partial charge in [0.2, 0.25) is 0 Å². The van der Waals surface area contributed by atoms with Crippen LogP contribution in [0.2, 0.25) is 0 Å². The summed E-state index contributed by atoms with van der Waals surface area (Å²) in [6.07, 6.45) is -3.52. The van der Waals surface area contributed by atoms with Gasteiger partial charge in [-0.25, -0.2) is 4.39 Å². The van der Waals surface area contributed by atoms with E-state index in [4.69, 9.17) is 0 Å². The van der Waals surface area contributed by atoms with Crippen LogP contribution in [0.4, 0.5) is 17.6 Å². The van der Waals surface area contributed by atoms with E-state index in [2.05, 4.69) is 0 Å². The molecular formula is C14H13F4NO. The van der Waals surface area contributed by atoms with E-state index in [1.807, 2.05) is 0 Å². The molecule has 0 spiro atoms. The summed E-state index contributed by atoms with van der Waals surface area (Å²) in [5.41, 5.74) is 0.0176. The van der Waals surface area contributed by atoms with Crippen LogP contribution in [0.15, 0.2) is 29.8 Å². The van der Waals surface area contributed by atoms with Crippen molar-refractivity contribution < 1.29 is 22.4 Å². The number of rotatable bonds is 1. The largest absolute Gasteiger partial charge is 0.412 e. The second-order valence-corrected chi connectivity index (χ2v) is 4.69. The maximum atomic E-state index is 13.1. The van der Waals surface area contributed by atoms with E-state index in [9.17, 15) is 22.4 Å². The molecule has 0 N–H and O–H groups in total. The van der Waals surface area contributed by atoms with Gasteiger partial charge in [-0.1, -0.05) is 6.08 Å². The van der Waals surface area contributed by atoms with Crippen LogP contribution in [0, 0.1) is 12.7 Å². The van der Waals surface area contributed by atoms with Crippen molar-refractivity contribution in [1.82, 2.24) is 4.90 Å². The molecule has 108 valence electrons. The summed E-state index contributed by atoms with van der Waals surface area (Å²) < 4.78 is 50.6. The molecule has 0 saturated heterocycles. The first kappa shape index (κ1) is 14.6. The lowest BCUT2D eigenvalue weighted by Gasteiger charge is -2.27. The van der Waals surface area contributed by atoms with E-state index in [0.717, 1.165) is 6.08 Å². The highest BCUT2D eigenvalue weighted by molar-refractivity contribution is 5.94. The molecule has 1 amide bonds. The molecule has 0 unspecified atom stereocenters. The highest BCUT2D eigenvalue weighted by atomic mass is 19.4. The van der Waals surface area contributed by atoms with E-state index in [-0.39, 0.29) is 31.0 Å². The van der Waals surface area contributed by atoms with Gasteiger partial charge in [0.05, 0.1) is 0 Å². The Kier molecular flexibility index (Phi) is 3.83. The van der Waals surface area contributed by atoms with Gasteiger partial charge in [-0.15, -0.1) is 0 Å². The number of aryl methyl sites for hydroxylation is 1. The Balaban J connectivity index is 2.12. The molecule has 0 aromatic heterocycles. The Hall–Kier alpha value is -1.85. The van der Waals surface area contributed by atoms with Crippen molar-refractivity contribution in [2.75, 3.05) is 13.1 Å². The first-order valence-electron chi connectivity index (χ1n) is 6.10. The number of hydrogen-bond acceptors (Lipinski definition) is 1. The number of benzene rings is 1. The van der Waals surface area contributed by atoms with Gasteiger partial charge in [0.1, 0.15) is 5.82 Å². The third-order valence-electron chi connectivity index (χ3n) is 3.27. The summed E-state index contributed by atoms with van der Waals surface area (Å²) in [4.78, 5) is 13.4. The molecule has 0 radical (unpaired) electrons. The highest BCUT2D eigenvalue weighted by Crippen LogP contribution is 2.30. The van der Waals surface area contributed by atoms with Crippen molar-refractivity contribution in [3.8, 4) is 0 Å². The Labute approximate surface area is 113 Å². The van der Waals surface area contributed by atoms with Gasteiger partial charge in [0.25, 0.3) is 5.91 Å². The van der Waals surface area contributed by atoms with E-state index in [0.29, 0.717) is 5.56 Å². The number of amides is 1. The third kappa shape index (κ3) is 3.00. The molecule has 1 aliphatic rings. The van der Waals surface area contributed by atoms with Gasteiger partial charge in [0, 0.05) is 24.2 Å². The van der Waals surface area contributed by atoms with E-state index < -0.39 is 17.6 Å². The summed E-state index contributed by atoms with van der Waals surface area (Å²) in [6, 6.07) is 3.93. The number of alkyl halides is 3. The number of carbonyl (C=O) groups excluding carboxylic acids is 1. The summed E-state index contributed by atoms with van der Waals surface area (Å²) in [6.45, 7) is 1.47. The maximum Gasteiger partial charge on any atom is 0.412 e. The van der Waals surface area contributed by atoms with Gasteiger partial charge < -0.3 is 4.90 Å². The molecule has 2 nitrogen and oxygen atoms in total. The second kappa shape index (κ2) is 5.26. The molecule has 20 heavy (non-hydrogen) atoms. The second-order valence-electron chi connectivity index (χ2n) is 4.69. The monoisotopic (exact) mass is 287 g/mol. The van der Waals surface area contributed by atoms with Crippen molar-refractivity contribution in [3.05, 3.63) is 46.8 Å². The summed E-state index contributed by atoms with van der Waals surface area (Å²) in [7, 11) is 0. The minimum Gasteiger partial charge on any atom is -0.335 e. The van der Waals surface area contributed by atoms with Crippen molar-refractivity contribution in [2.45, 2.75) is 19.5 Å². The smallest absolute Gasteiger partial charge is 0.335 e. The topological polar surface area (TPSA) is 20.3 Å². The van der Waals surface area contributed by atoms with Gasteiger partial charge in [-0.05, 0) is 37.1 Å². The van der Waals surface area contributed by atoms with Crippen LogP contribution in [0.1, 0.15) is 22.3 Å². The Morgan fingerprint density at radius 2 is 2.00 bits per heavy atom. The summed E-state index contributed by atoms with van der Waals surface area (Å²) in [5, 5.41) is 0. The zero-order valence-corrected chi connectivity index (χ0v) is 10.8. The summed E-state index contributed by atoms with van der Waals surface area (Å²) >= 11 is 0. The van der Waals surface area contributed by atoms with Crippen molar-refractivity contribution >= 4 is 5.91 Å². The maximum absolute atomic E-state index is 13.1. The van der Waals surface area contributed by atoms with Gasteiger partial charge in [0.15, 0.2) is 0 Å². The molecular weight excluding hydrogens is 274 g/mol. The average Bonchev–Trinajstić information content (AvgIpc) is 2.40. The van der Waals surface area contributed by atoms with E-state index in [1.165, 1.54) is 30.0 Å². The minimum atomic E-state index is -4.33. The standard InChI is InChI=1S/C14H13F4NO/c1-9-8-10(2-3-12(9)15)13(20)19-6-4-11(5-7-19)14(16,17)18/h2-4,8H,5-7H2,1H3. The molecule has 6 heteroatoms. The zero-order chi connectivity index (χ0) is 14.9. The molecule has 0 atom stereocenters. The quantitative estimate of drug-likeness (QED) is 0.572. The molecule has 1 aromatic rings. The number of halogens is 4. The van der Waals surface area contributed by atoms with Crippen LogP contribution >= 0.6 is 0 Å². The van der Waals surface area contributed by atoms with Crippen LogP contribution in [0.5, 0.6) is 0 Å². The number of nitrogens with zero attached hydrogens (tertiary/aromatic N) is 1. The Bertz CT molecular complexity index is 563.